The normalized spacial score (nSPS) is 28.2. The molecule has 2 aliphatic heterocycles. The molecule has 2 aliphatic rings. The summed E-state index contributed by atoms with van der Waals surface area (Å²) >= 11 is 0. The van der Waals surface area contributed by atoms with Crippen LogP contribution in [0, 0.1) is 0 Å². The third-order valence-electron chi connectivity index (χ3n) is 4.75. The summed E-state index contributed by atoms with van der Waals surface area (Å²) in [7, 11) is 4.53. The van der Waals surface area contributed by atoms with Gasteiger partial charge in [0.2, 0.25) is 0 Å². The van der Waals surface area contributed by atoms with E-state index in [0.717, 1.165) is 12.1 Å². The van der Waals surface area contributed by atoms with Gasteiger partial charge in [0, 0.05) is 38.3 Å². The number of nitrogens with one attached hydrogen (secondary N) is 2. The third kappa shape index (κ3) is 6.08. The van der Waals surface area contributed by atoms with Crippen molar-refractivity contribution in [3.05, 3.63) is 0 Å². The van der Waals surface area contributed by atoms with Gasteiger partial charge in [-0.1, -0.05) is 12.8 Å². The molecule has 0 aliphatic carbocycles. The average molecular weight is 282 g/mol. The second-order valence-corrected chi connectivity index (χ2v) is 6.82. The van der Waals surface area contributed by atoms with Crippen LogP contribution in [0.25, 0.3) is 0 Å². The van der Waals surface area contributed by atoms with E-state index in [0.29, 0.717) is 0 Å². The second kappa shape index (κ2) is 8.98. The molecule has 2 unspecified atom stereocenters. The van der Waals surface area contributed by atoms with Crippen LogP contribution in [-0.4, -0.2) is 75.2 Å². The minimum Gasteiger partial charge on any atom is -0.313 e. The second-order valence-electron chi connectivity index (χ2n) is 6.82. The van der Waals surface area contributed by atoms with Gasteiger partial charge in [-0.05, 0) is 52.9 Å². The Labute approximate surface area is 125 Å². The van der Waals surface area contributed by atoms with Crippen molar-refractivity contribution in [2.24, 2.45) is 0 Å². The summed E-state index contributed by atoms with van der Waals surface area (Å²) in [6.07, 6.45) is 8.23. The van der Waals surface area contributed by atoms with Crippen molar-refractivity contribution in [2.45, 2.75) is 50.6 Å². The molecular formula is C16H34N4. The summed E-state index contributed by atoms with van der Waals surface area (Å²) in [5.74, 6) is 0. The molecular weight excluding hydrogens is 248 g/mol. The molecule has 118 valence electrons. The van der Waals surface area contributed by atoms with E-state index in [-0.39, 0.29) is 0 Å². The summed E-state index contributed by atoms with van der Waals surface area (Å²) in [5.41, 5.74) is 0. The maximum atomic E-state index is 3.64. The fourth-order valence-electron chi connectivity index (χ4n) is 3.44. The summed E-state index contributed by atoms with van der Waals surface area (Å²) < 4.78 is 0. The lowest BCUT2D eigenvalue weighted by atomic mass is 10.0. The molecule has 4 nitrogen and oxygen atoms in total. The lowest BCUT2D eigenvalue weighted by Crippen LogP contribution is -2.46. The number of hydrogen-bond donors (Lipinski definition) is 2. The number of likely N-dealkylation sites (N-methyl/N-ethyl adjacent to an activating group) is 2. The van der Waals surface area contributed by atoms with Crippen LogP contribution < -0.4 is 10.6 Å². The van der Waals surface area contributed by atoms with E-state index in [4.69, 9.17) is 0 Å². The summed E-state index contributed by atoms with van der Waals surface area (Å²) in [5, 5.41) is 7.28. The Bertz CT molecular complexity index is 221. The molecule has 0 amide bonds. The zero-order chi connectivity index (χ0) is 14.2. The van der Waals surface area contributed by atoms with Crippen LogP contribution >= 0.6 is 0 Å². The van der Waals surface area contributed by atoms with Gasteiger partial charge in [0.25, 0.3) is 0 Å². The van der Waals surface area contributed by atoms with Gasteiger partial charge in [-0.25, -0.2) is 0 Å². The average Bonchev–Trinajstić information content (AvgIpc) is 2.47. The van der Waals surface area contributed by atoms with E-state index < -0.39 is 0 Å². The van der Waals surface area contributed by atoms with Gasteiger partial charge in [-0.2, -0.15) is 0 Å². The predicted octanol–water partition coefficient (Wildman–Crippen LogP) is 1.13. The number of hydrogen-bond acceptors (Lipinski definition) is 4. The first kappa shape index (κ1) is 16.2. The van der Waals surface area contributed by atoms with Crippen molar-refractivity contribution < 1.29 is 0 Å². The van der Waals surface area contributed by atoms with Gasteiger partial charge < -0.3 is 20.4 Å². The maximum absolute atomic E-state index is 3.64. The molecule has 2 fully saturated rings. The first-order chi connectivity index (χ1) is 9.74. The number of nitrogens with zero attached hydrogens (tertiary/aromatic N) is 2. The Balaban J connectivity index is 1.55. The fourth-order valence-corrected chi connectivity index (χ4v) is 3.44. The molecule has 2 N–H and O–H groups in total. The minimum atomic E-state index is 0.721. The van der Waals surface area contributed by atoms with E-state index in [1.807, 2.05) is 0 Å². The van der Waals surface area contributed by atoms with Crippen LogP contribution in [0.4, 0.5) is 0 Å². The first-order valence-electron chi connectivity index (χ1n) is 8.58. The molecule has 0 aromatic carbocycles. The molecule has 0 radical (unpaired) electrons. The van der Waals surface area contributed by atoms with Crippen LogP contribution in [0.15, 0.2) is 0 Å². The zero-order valence-corrected chi connectivity index (χ0v) is 13.5. The highest BCUT2D eigenvalue weighted by Crippen LogP contribution is 2.09. The molecule has 0 spiro atoms. The van der Waals surface area contributed by atoms with Gasteiger partial charge in [0.05, 0.1) is 0 Å². The van der Waals surface area contributed by atoms with Crippen molar-refractivity contribution >= 4 is 0 Å². The zero-order valence-electron chi connectivity index (χ0n) is 13.5. The van der Waals surface area contributed by atoms with Crippen LogP contribution in [0.5, 0.6) is 0 Å². The quantitative estimate of drug-likeness (QED) is 0.733. The highest BCUT2D eigenvalue weighted by atomic mass is 15.2. The minimum absolute atomic E-state index is 0.721. The van der Waals surface area contributed by atoms with Crippen LogP contribution in [-0.2, 0) is 0 Å². The van der Waals surface area contributed by atoms with Crippen LogP contribution in [0.2, 0.25) is 0 Å². The fraction of sp³-hybridized carbons (Fsp3) is 1.00. The smallest absolute Gasteiger partial charge is 0.0194 e. The van der Waals surface area contributed by atoms with E-state index in [1.54, 1.807) is 0 Å². The van der Waals surface area contributed by atoms with E-state index >= 15 is 0 Å². The first-order valence-corrected chi connectivity index (χ1v) is 8.58. The largest absolute Gasteiger partial charge is 0.313 e. The molecule has 2 rings (SSSR count). The van der Waals surface area contributed by atoms with Crippen LogP contribution in [0.3, 0.4) is 0 Å². The summed E-state index contributed by atoms with van der Waals surface area (Å²) in [4.78, 5) is 4.99. The highest BCUT2D eigenvalue weighted by molar-refractivity contribution is 4.77. The Morgan fingerprint density at radius 2 is 1.20 bits per heavy atom. The van der Waals surface area contributed by atoms with Gasteiger partial charge in [-0.3, -0.25) is 0 Å². The summed E-state index contributed by atoms with van der Waals surface area (Å²) in [6.45, 7) is 7.20. The highest BCUT2D eigenvalue weighted by Gasteiger charge is 2.16. The van der Waals surface area contributed by atoms with E-state index in [1.165, 1.54) is 77.8 Å². The van der Waals surface area contributed by atoms with Gasteiger partial charge in [0.1, 0.15) is 0 Å². The lowest BCUT2D eigenvalue weighted by Gasteiger charge is -2.31. The van der Waals surface area contributed by atoms with Crippen molar-refractivity contribution in [3.8, 4) is 0 Å². The Morgan fingerprint density at radius 3 is 1.55 bits per heavy atom. The summed E-state index contributed by atoms with van der Waals surface area (Å²) in [6, 6.07) is 1.44. The van der Waals surface area contributed by atoms with Crippen molar-refractivity contribution in [2.75, 3.05) is 53.4 Å². The Hall–Kier alpha value is -0.160. The molecule has 0 bridgehead atoms. The monoisotopic (exact) mass is 282 g/mol. The van der Waals surface area contributed by atoms with E-state index in [2.05, 4.69) is 34.5 Å². The maximum Gasteiger partial charge on any atom is 0.0194 e. The van der Waals surface area contributed by atoms with Gasteiger partial charge in [0.15, 0.2) is 0 Å². The lowest BCUT2D eigenvalue weighted by molar-refractivity contribution is 0.208. The standard InChI is InChI=1S/C16H34N4/c1-19(13-15-7-3-5-9-17-15)11-12-20(2)14-16-8-4-6-10-18-16/h15-18H,3-14H2,1-2H3. The van der Waals surface area contributed by atoms with E-state index in [9.17, 15) is 0 Å². The molecule has 2 heterocycles. The van der Waals surface area contributed by atoms with Crippen molar-refractivity contribution in [1.82, 2.24) is 20.4 Å². The topological polar surface area (TPSA) is 30.5 Å². The predicted molar refractivity (Wildman–Crippen MR) is 86.3 cm³/mol. The number of rotatable bonds is 7. The van der Waals surface area contributed by atoms with Gasteiger partial charge in [-0.15, -0.1) is 0 Å². The van der Waals surface area contributed by atoms with Crippen molar-refractivity contribution in [3.63, 3.8) is 0 Å². The molecule has 0 aromatic rings. The molecule has 4 heteroatoms. The van der Waals surface area contributed by atoms with Crippen LogP contribution in [0.1, 0.15) is 38.5 Å². The molecule has 2 saturated heterocycles. The SMILES string of the molecule is CN(CCN(C)CC1CCCCN1)CC1CCCCN1. The molecule has 0 aromatic heterocycles. The third-order valence-corrected chi connectivity index (χ3v) is 4.75. The van der Waals surface area contributed by atoms with Crippen molar-refractivity contribution in [1.29, 1.82) is 0 Å². The number of piperidine rings is 2. The Kier molecular flexibility index (Phi) is 7.28. The Morgan fingerprint density at radius 1 is 0.750 bits per heavy atom. The van der Waals surface area contributed by atoms with Gasteiger partial charge >= 0.3 is 0 Å². The molecule has 20 heavy (non-hydrogen) atoms. The molecule has 2 atom stereocenters. The molecule has 0 saturated carbocycles.